The minimum absolute atomic E-state index is 0.0560. The Morgan fingerprint density at radius 3 is 2.54 bits per heavy atom. The zero-order valence-electron chi connectivity index (χ0n) is 7.96. The molecule has 1 atom stereocenters. The van der Waals surface area contributed by atoms with E-state index in [2.05, 4.69) is 10.6 Å². The highest BCUT2D eigenvalue weighted by Crippen LogP contribution is 1.89. The first-order chi connectivity index (χ1) is 6.06. The molecule has 0 fully saturated rings. The lowest BCUT2D eigenvalue weighted by atomic mass is 10.2. The molecule has 0 aromatic rings. The predicted molar refractivity (Wildman–Crippen MR) is 48.5 cm³/mol. The molecule has 0 aliphatic carbocycles. The van der Waals surface area contributed by atoms with Crippen LogP contribution in [0, 0.1) is 0 Å². The molecule has 0 spiro atoms. The highest BCUT2D eigenvalue weighted by molar-refractivity contribution is 5.75. The van der Waals surface area contributed by atoms with Crippen molar-refractivity contribution in [3.63, 3.8) is 0 Å². The number of nitrogens with one attached hydrogen (secondary N) is 2. The van der Waals surface area contributed by atoms with Crippen LogP contribution in [0.25, 0.3) is 0 Å². The normalized spacial score (nSPS) is 11.8. The SMILES string of the molecule is CCCNC(=O)NC(C)CC(=O)O. The van der Waals surface area contributed by atoms with Gasteiger partial charge in [0.15, 0.2) is 0 Å². The van der Waals surface area contributed by atoms with E-state index in [0.717, 1.165) is 6.42 Å². The van der Waals surface area contributed by atoms with Gasteiger partial charge in [0.05, 0.1) is 6.42 Å². The van der Waals surface area contributed by atoms with E-state index in [1.807, 2.05) is 6.92 Å². The van der Waals surface area contributed by atoms with Gasteiger partial charge in [0.25, 0.3) is 0 Å². The van der Waals surface area contributed by atoms with Crippen LogP contribution in [0.1, 0.15) is 26.7 Å². The third kappa shape index (κ3) is 7.11. The first kappa shape index (κ1) is 11.7. The molecular weight excluding hydrogens is 172 g/mol. The molecule has 5 heteroatoms. The van der Waals surface area contributed by atoms with Crippen LogP contribution in [-0.2, 0) is 4.79 Å². The molecule has 0 aliphatic rings. The van der Waals surface area contributed by atoms with E-state index in [9.17, 15) is 9.59 Å². The van der Waals surface area contributed by atoms with Crippen molar-refractivity contribution in [3.8, 4) is 0 Å². The van der Waals surface area contributed by atoms with Gasteiger partial charge in [0, 0.05) is 12.6 Å². The predicted octanol–water partition coefficient (Wildman–Crippen LogP) is 0.559. The molecule has 0 rings (SSSR count). The van der Waals surface area contributed by atoms with Crippen LogP contribution in [0.2, 0.25) is 0 Å². The number of hydrogen-bond acceptors (Lipinski definition) is 2. The summed E-state index contributed by atoms with van der Waals surface area (Å²) in [5, 5.41) is 13.5. The van der Waals surface area contributed by atoms with Crippen LogP contribution >= 0.6 is 0 Å². The molecule has 13 heavy (non-hydrogen) atoms. The lowest BCUT2D eigenvalue weighted by Gasteiger charge is -2.11. The molecule has 0 bridgehead atoms. The van der Waals surface area contributed by atoms with Gasteiger partial charge >= 0.3 is 12.0 Å². The van der Waals surface area contributed by atoms with Gasteiger partial charge in [0.2, 0.25) is 0 Å². The fraction of sp³-hybridized carbons (Fsp3) is 0.750. The Bertz CT molecular complexity index is 182. The van der Waals surface area contributed by atoms with Gasteiger partial charge in [0.1, 0.15) is 0 Å². The summed E-state index contributed by atoms with van der Waals surface area (Å²) in [4.78, 5) is 21.2. The van der Waals surface area contributed by atoms with Crippen LogP contribution < -0.4 is 10.6 Å². The molecule has 0 saturated carbocycles. The summed E-state index contributed by atoms with van der Waals surface area (Å²) in [6, 6.07) is -0.648. The van der Waals surface area contributed by atoms with Crippen LogP contribution in [0.4, 0.5) is 4.79 Å². The second-order valence-corrected chi connectivity index (χ2v) is 2.90. The standard InChI is InChI=1S/C8H16N2O3/c1-3-4-9-8(13)10-6(2)5-7(11)12/h6H,3-5H2,1-2H3,(H,11,12)(H2,9,10,13). The number of urea groups is 1. The quantitative estimate of drug-likeness (QED) is 0.589. The molecule has 76 valence electrons. The van der Waals surface area contributed by atoms with Gasteiger partial charge in [-0.15, -0.1) is 0 Å². The van der Waals surface area contributed by atoms with Gasteiger partial charge in [-0.25, -0.2) is 4.79 Å². The number of carbonyl (C=O) groups is 2. The molecule has 0 aromatic carbocycles. The number of carboxylic acid groups (broad SMARTS) is 1. The van der Waals surface area contributed by atoms with Gasteiger partial charge in [-0.1, -0.05) is 6.92 Å². The maximum Gasteiger partial charge on any atom is 0.315 e. The molecule has 0 aromatic heterocycles. The maximum absolute atomic E-state index is 11.0. The Morgan fingerprint density at radius 2 is 2.08 bits per heavy atom. The Labute approximate surface area is 77.5 Å². The Hall–Kier alpha value is -1.26. The van der Waals surface area contributed by atoms with Crippen LogP contribution in [0.15, 0.2) is 0 Å². The molecule has 3 N–H and O–H groups in total. The van der Waals surface area contributed by atoms with Gasteiger partial charge in [-0.2, -0.15) is 0 Å². The molecule has 1 unspecified atom stereocenters. The van der Waals surface area contributed by atoms with E-state index in [1.54, 1.807) is 6.92 Å². The topological polar surface area (TPSA) is 78.4 Å². The van der Waals surface area contributed by atoms with Crippen molar-refractivity contribution in [2.24, 2.45) is 0 Å². The van der Waals surface area contributed by atoms with E-state index in [-0.39, 0.29) is 18.5 Å². The van der Waals surface area contributed by atoms with Crippen molar-refractivity contribution < 1.29 is 14.7 Å². The summed E-state index contributed by atoms with van der Waals surface area (Å²) in [6.45, 7) is 4.20. The largest absolute Gasteiger partial charge is 0.481 e. The van der Waals surface area contributed by atoms with Crippen LogP contribution in [0.5, 0.6) is 0 Å². The van der Waals surface area contributed by atoms with Crippen molar-refractivity contribution in [1.82, 2.24) is 10.6 Å². The van der Waals surface area contributed by atoms with Crippen molar-refractivity contribution in [1.29, 1.82) is 0 Å². The molecule has 0 heterocycles. The lowest BCUT2D eigenvalue weighted by Crippen LogP contribution is -2.41. The van der Waals surface area contributed by atoms with E-state index in [0.29, 0.717) is 6.54 Å². The fourth-order valence-electron chi connectivity index (χ4n) is 0.826. The molecular formula is C8H16N2O3. The Kier molecular flexibility index (Phi) is 5.67. The number of carbonyl (C=O) groups excluding carboxylic acids is 1. The van der Waals surface area contributed by atoms with Crippen molar-refractivity contribution in [2.75, 3.05) is 6.54 Å². The minimum Gasteiger partial charge on any atom is -0.481 e. The number of rotatable bonds is 5. The summed E-state index contributed by atoms with van der Waals surface area (Å²) >= 11 is 0. The molecule has 2 amide bonds. The number of aliphatic carboxylic acids is 1. The van der Waals surface area contributed by atoms with Crippen molar-refractivity contribution in [3.05, 3.63) is 0 Å². The van der Waals surface area contributed by atoms with E-state index < -0.39 is 5.97 Å². The second kappa shape index (κ2) is 6.28. The van der Waals surface area contributed by atoms with Gasteiger partial charge in [-0.3, -0.25) is 4.79 Å². The zero-order valence-corrected chi connectivity index (χ0v) is 7.96. The smallest absolute Gasteiger partial charge is 0.315 e. The average Bonchev–Trinajstić information content (AvgIpc) is 1.98. The Balaban J connectivity index is 3.59. The minimum atomic E-state index is -0.914. The fourth-order valence-corrected chi connectivity index (χ4v) is 0.826. The maximum atomic E-state index is 11.0. The van der Waals surface area contributed by atoms with E-state index in [4.69, 9.17) is 5.11 Å². The summed E-state index contributed by atoms with van der Waals surface area (Å²) in [7, 11) is 0. The molecule has 0 saturated heterocycles. The van der Waals surface area contributed by atoms with Crippen molar-refractivity contribution in [2.45, 2.75) is 32.7 Å². The average molecular weight is 188 g/mol. The van der Waals surface area contributed by atoms with Gasteiger partial charge in [-0.05, 0) is 13.3 Å². The summed E-state index contributed by atoms with van der Waals surface area (Å²) in [6.07, 6.45) is 0.806. The summed E-state index contributed by atoms with van der Waals surface area (Å²) in [5.74, 6) is -0.914. The van der Waals surface area contributed by atoms with E-state index in [1.165, 1.54) is 0 Å². The molecule has 5 nitrogen and oxygen atoms in total. The lowest BCUT2D eigenvalue weighted by molar-refractivity contribution is -0.137. The third-order valence-corrected chi connectivity index (χ3v) is 1.39. The number of amides is 2. The number of carboxylic acids is 1. The molecule has 0 radical (unpaired) electrons. The summed E-state index contributed by atoms with van der Waals surface area (Å²) < 4.78 is 0. The summed E-state index contributed by atoms with van der Waals surface area (Å²) in [5.41, 5.74) is 0. The highest BCUT2D eigenvalue weighted by atomic mass is 16.4. The van der Waals surface area contributed by atoms with Crippen LogP contribution in [-0.4, -0.2) is 29.7 Å². The third-order valence-electron chi connectivity index (χ3n) is 1.39. The zero-order chi connectivity index (χ0) is 10.3. The monoisotopic (exact) mass is 188 g/mol. The van der Waals surface area contributed by atoms with Crippen molar-refractivity contribution >= 4 is 12.0 Å². The van der Waals surface area contributed by atoms with E-state index >= 15 is 0 Å². The first-order valence-corrected chi connectivity index (χ1v) is 4.32. The second-order valence-electron chi connectivity index (χ2n) is 2.90. The van der Waals surface area contributed by atoms with Gasteiger partial charge < -0.3 is 15.7 Å². The Morgan fingerprint density at radius 1 is 1.46 bits per heavy atom. The number of hydrogen-bond donors (Lipinski definition) is 3. The first-order valence-electron chi connectivity index (χ1n) is 4.32. The van der Waals surface area contributed by atoms with Crippen LogP contribution in [0.3, 0.4) is 0 Å². The highest BCUT2D eigenvalue weighted by Gasteiger charge is 2.09. The molecule has 0 aliphatic heterocycles.